The van der Waals surface area contributed by atoms with Gasteiger partial charge in [-0.05, 0) is 37.3 Å². The number of rotatable bonds is 4. The van der Waals surface area contributed by atoms with Crippen molar-refractivity contribution in [2.24, 2.45) is 5.73 Å². The lowest BCUT2D eigenvalue weighted by atomic mass is 10.1. The summed E-state index contributed by atoms with van der Waals surface area (Å²) in [6.45, 7) is 4.57. The highest BCUT2D eigenvalue weighted by Crippen LogP contribution is 2.24. The fraction of sp³-hybridized carbons (Fsp3) is 0.533. The van der Waals surface area contributed by atoms with Crippen molar-refractivity contribution in [2.45, 2.75) is 45.3 Å². The molecule has 1 fully saturated rings. The lowest BCUT2D eigenvalue weighted by Crippen LogP contribution is -2.30. The molecule has 0 spiro atoms. The molecule has 0 saturated carbocycles. The maximum absolute atomic E-state index is 12.2. The molecule has 1 saturated heterocycles. The SMILES string of the molecule is CCc1cccc(C)c1NC(=O)C1CCC(CN)O1. The molecule has 1 aromatic rings. The molecule has 2 unspecified atom stereocenters. The molecule has 1 heterocycles. The molecule has 4 heteroatoms. The molecular formula is C15H22N2O2. The lowest BCUT2D eigenvalue weighted by Gasteiger charge is -2.16. The van der Waals surface area contributed by atoms with Crippen LogP contribution >= 0.6 is 0 Å². The van der Waals surface area contributed by atoms with Gasteiger partial charge in [-0.25, -0.2) is 0 Å². The molecule has 2 atom stereocenters. The van der Waals surface area contributed by atoms with E-state index in [1.165, 1.54) is 0 Å². The number of hydrogen-bond donors (Lipinski definition) is 2. The van der Waals surface area contributed by atoms with Gasteiger partial charge >= 0.3 is 0 Å². The topological polar surface area (TPSA) is 64.4 Å². The Morgan fingerprint density at radius 1 is 1.47 bits per heavy atom. The highest BCUT2D eigenvalue weighted by molar-refractivity contribution is 5.95. The number of nitrogens with one attached hydrogen (secondary N) is 1. The number of aryl methyl sites for hydroxylation is 2. The van der Waals surface area contributed by atoms with E-state index in [0.29, 0.717) is 6.54 Å². The largest absolute Gasteiger partial charge is 0.364 e. The molecule has 4 nitrogen and oxygen atoms in total. The summed E-state index contributed by atoms with van der Waals surface area (Å²) >= 11 is 0. The third kappa shape index (κ3) is 3.14. The maximum atomic E-state index is 12.2. The molecule has 0 bridgehead atoms. The first-order chi connectivity index (χ1) is 9.15. The van der Waals surface area contributed by atoms with Gasteiger partial charge in [-0.2, -0.15) is 0 Å². The summed E-state index contributed by atoms with van der Waals surface area (Å²) in [5, 5.41) is 3.01. The summed E-state index contributed by atoms with van der Waals surface area (Å²) in [6.07, 6.45) is 2.18. The van der Waals surface area contributed by atoms with Crippen LogP contribution in [0, 0.1) is 6.92 Å². The number of ether oxygens (including phenoxy) is 1. The fourth-order valence-corrected chi connectivity index (χ4v) is 2.48. The van der Waals surface area contributed by atoms with E-state index in [1.807, 2.05) is 25.1 Å². The standard InChI is InChI=1S/C15H22N2O2/c1-3-11-6-4-5-10(2)14(11)17-15(18)13-8-7-12(9-16)19-13/h4-6,12-13H,3,7-9,16H2,1-2H3,(H,17,18). The molecule has 1 aliphatic rings. The Hall–Kier alpha value is -1.39. The Kier molecular flexibility index (Phi) is 4.56. The van der Waals surface area contributed by atoms with Crippen LogP contribution in [0.3, 0.4) is 0 Å². The van der Waals surface area contributed by atoms with Gasteiger partial charge in [-0.3, -0.25) is 4.79 Å². The average molecular weight is 262 g/mol. The molecule has 1 amide bonds. The minimum absolute atomic E-state index is 0.0262. The number of hydrogen-bond acceptors (Lipinski definition) is 3. The Morgan fingerprint density at radius 3 is 2.89 bits per heavy atom. The van der Waals surface area contributed by atoms with Gasteiger partial charge in [0.25, 0.3) is 5.91 Å². The van der Waals surface area contributed by atoms with Gasteiger partial charge in [0.15, 0.2) is 0 Å². The predicted octanol–water partition coefficient (Wildman–Crippen LogP) is 2.00. The van der Waals surface area contributed by atoms with Crippen LogP contribution in [0.1, 0.15) is 30.9 Å². The summed E-state index contributed by atoms with van der Waals surface area (Å²) in [4.78, 5) is 12.2. The molecule has 0 radical (unpaired) electrons. The lowest BCUT2D eigenvalue weighted by molar-refractivity contribution is -0.126. The van der Waals surface area contributed by atoms with Crippen LogP contribution in [-0.2, 0) is 16.0 Å². The van der Waals surface area contributed by atoms with Crippen molar-refractivity contribution >= 4 is 11.6 Å². The van der Waals surface area contributed by atoms with E-state index in [-0.39, 0.29) is 18.1 Å². The Morgan fingerprint density at radius 2 is 2.26 bits per heavy atom. The molecule has 0 aromatic heterocycles. The number of carbonyl (C=O) groups excluding carboxylic acids is 1. The maximum Gasteiger partial charge on any atom is 0.253 e. The second-order valence-corrected chi connectivity index (χ2v) is 5.01. The quantitative estimate of drug-likeness (QED) is 0.872. The molecule has 1 aliphatic heterocycles. The van der Waals surface area contributed by atoms with Gasteiger partial charge in [0.1, 0.15) is 6.10 Å². The average Bonchev–Trinajstić information content (AvgIpc) is 2.90. The van der Waals surface area contributed by atoms with Crippen molar-refractivity contribution in [2.75, 3.05) is 11.9 Å². The van der Waals surface area contributed by atoms with Crippen molar-refractivity contribution in [3.8, 4) is 0 Å². The van der Waals surface area contributed by atoms with Crippen molar-refractivity contribution in [1.29, 1.82) is 0 Å². The normalized spacial score (nSPS) is 22.5. The number of amides is 1. The van der Waals surface area contributed by atoms with Crippen LogP contribution in [0.5, 0.6) is 0 Å². The summed E-state index contributed by atoms with van der Waals surface area (Å²) < 4.78 is 5.62. The zero-order valence-electron chi connectivity index (χ0n) is 11.6. The Labute approximate surface area is 114 Å². The monoisotopic (exact) mass is 262 g/mol. The predicted molar refractivity (Wildman–Crippen MR) is 76.1 cm³/mol. The van der Waals surface area contributed by atoms with Crippen LogP contribution in [0.2, 0.25) is 0 Å². The van der Waals surface area contributed by atoms with Crippen LogP contribution in [0.15, 0.2) is 18.2 Å². The van der Waals surface area contributed by atoms with Crippen molar-refractivity contribution in [3.63, 3.8) is 0 Å². The number of anilines is 1. The van der Waals surface area contributed by atoms with Crippen molar-refractivity contribution in [1.82, 2.24) is 0 Å². The van der Waals surface area contributed by atoms with Gasteiger partial charge in [-0.1, -0.05) is 25.1 Å². The number of carbonyl (C=O) groups is 1. The van der Waals surface area contributed by atoms with Gasteiger partial charge in [0.2, 0.25) is 0 Å². The first-order valence-electron chi connectivity index (χ1n) is 6.90. The molecule has 2 rings (SSSR count). The second kappa shape index (κ2) is 6.17. The van der Waals surface area contributed by atoms with E-state index in [0.717, 1.165) is 36.1 Å². The fourth-order valence-electron chi connectivity index (χ4n) is 2.48. The molecule has 104 valence electrons. The minimum atomic E-state index is -0.363. The van der Waals surface area contributed by atoms with E-state index >= 15 is 0 Å². The first kappa shape index (κ1) is 14.0. The summed E-state index contributed by atoms with van der Waals surface area (Å²) in [5.41, 5.74) is 8.73. The number of benzene rings is 1. The van der Waals surface area contributed by atoms with E-state index in [1.54, 1.807) is 0 Å². The second-order valence-electron chi connectivity index (χ2n) is 5.01. The van der Waals surface area contributed by atoms with Gasteiger partial charge < -0.3 is 15.8 Å². The zero-order chi connectivity index (χ0) is 13.8. The summed E-state index contributed by atoms with van der Waals surface area (Å²) in [6, 6.07) is 6.06. The molecule has 0 aliphatic carbocycles. The Bertz CT molecular complexity index is 459. The molecule has 3 N–H and O–H groups in total. The van der Waals surface area contributed by atoms with Crippen LogP contribution in [0.25, 0.3) is 0 Å². The highest BCUT2D eigenvalue weighted by atomic mass is 16.5. The molecule has 19 heavy (non-hydrogen) atoms. The van der Waals surface area contributed by atoms with Crippen molar-refractivity contribution in [3.05, 3.63) is 29.3 Å². The van der Waals surface area contributed by atoms with E-state index in [4.69, 9.17) is 10.5 Å². The Balaban J connectivity index is 2.07. The van der Waals surface area contributed by atoms with E-state index < -0.39 is 0 Å². The minimum Gasteiger partial charge on any atom is -0.364 e. The number of nitrogens with two attached hydrogens (primary N) is 1. The van der Waals surface area contributed by atoms with Gasteiger partial charge in [0.05, 0.1) is 6.10 Å². The van der Waals surface area contributed by atoms with Crippen LogP contribution < -0.4 is 11.1 Å². The van der Waals surface area contributed by atoms with Crippen molar-refractivity contribution < 1.29 is 9.53 Å². The summed E-state index contributed by atoms with van der Waals surface area (Å²) in [5.74, 6) is -0.0556. The highest BCUT2D eigenvalue weighted by Gasteiger charge is 2.30. The molecular weight excluding hydrogens is 240 g/mol. The van der Waals surface area contributed by atoms with E-state index in [9.17, 15) is 4.79 Å². The van der Waals surface area contributed by atoms with Gasteiger partial charge in [0, 0.05) is 12.2 Å². The van der Waals surface area contributed by atoms with Gasteiger partial charge in [-0.15, -0.1) is 0 Å². The zero-order valence-corrected chi connectivity index (χ0v) is 11.6. The smallest absolute Gasteiger partial charge is 0.253 e. The van der Waals surface area contributed by atoms with Crippen LogP contribution in [-0.4, -0.2) is 24.7 Å². The summed E-state index contributed by atoms with van der Waals surface area (Å²) in [7, 11) is 0. The third-order valence-corrected chi connectivity index (χ3v) is 3.65. The molecule has 1 aromatic carbocycles. The van der Waals surface area contributed by atoms with Crippen LogP contribution in [0.4, 0.5) is 5.69 Å². The van der Waals surface area contributed by atoms with E-state index in [2.05, 4.69) is 12.2 Å². The number of para-hydroxylation sites is 1. The first-order valence-corrected chi connectivity index (χ1v) is 6.90. The third-order valence-electron chi connectivity index (χ3n) is 3.65.